The lowest BCUT2D eigenvalue weighted by Gasteiger charge is -2.12. The number of hydrogen-bond acceptors (Lipinski definition) is 1. The van der Waals surface area contributed by atoms with Crippen molar-refractivity contribution >= 4 is 16.6 Å². The molecule has 1 amide bonds. The van der Waals surface area contributed by atoms with Crippen LogP contribution in [0.2, 0.25) is 0 Å². The third-order valence-electron chi connectivity index (χ3n) is 2.20. The maximum atomic E-state index is 11.7. The third-order valence-corrected chi connectivity index (χ3v) is 4.74. The van der Waals surface area contributed by atoms with Crippen LogP contribution in [-0.2, 0) is 15.5 Å². The van der Waals surface area contributed by atoms with Crippen LogP contribution in [0.25, 0.3) is 0 Å². The number of allylic oxidation sites excluding steroid dienone is 1. The van der Waals surface area contributed by atoms with E-state index >= 15 is 0 Å². The van der Waals surface area contributed by atoms with E-state index in [0.29, 0.717) is 11.8 Å². The van der Waals surface area contributed by atoms with Crippen LogP contribution in [0, 0.1) is 11.8 Å². The zero-order chi connectivity index (χ0) is 13.4. The highest BCUT2D eigenvalue weighted by atomic mass is 32.2. The highest BCUT2D eigenvalue weighted by Gasteiger charge is 2.06. The maximum absolute atomic E-state index is 11.7. The molecule has 0 aliphatic heterocycles. The van der Waals surface area contributed by atoms with Gasteiger partial charge in [-0.3, -0.25) is 4.79 Å². The van der Waals surface area contributed by atoms with Crippen molar-refractivity contribution in [2.45, 2.75) is 48.0 Å². The highest BCUT2D eigenvalue weighted by Crippen LogP contribution is 2.07. The monoisotopic (exact) mass is 257 g/mol. The Kier molecular flexibility index (Phi) is 8.40. The molecule has 0 fully saturated rings. The van der Waals surface area contributed by atoms with E-state index in [-0.39, 0.29) is 16.6 Å². The van der Waals surface area contributed by atoms with E-state index in [0.717, 1.165) is 23.5 Å². The Hall–Kier alpha value is -0.440. The lowest BCUT2D eigenvalue weighted by Crippen LogP contribution is -2.13. The lowest BCUT2D eigenvalue weighted by atomic mass is 10.2. The second-order valence-corrected chi connectivity index (χ2v) is 7.13. The van der Waals surface area contributed by atoms with Crippen molar-refractivity contribution in [3.63, 3.8) is 0 Å². The van der Waals surface area contributed by atoms with Crippen LogP contribution >= 0.6 is 0 Å². The molecule has 3 heteroatoms. The number of carbonyl (C=O) groups is 1. The van der Waals surface area contributed by atoms with Gasteiger partial charge >= 0.3 is 0 Å². The first kappa shape index (κ1) is 16.6. The van der Waals surface area contributed by atoms with Crippen molar-refractivity contribution in [2.24, 2.45) is 16.2 Å². The van der Waals surface area contributed by atoms with Gasteiger partial charge in [-0.1, -0.05) is 50.9 Å². The van der Waals surface area contributed by atoms with Crippen molar-refractivity contribution in [1.82, 2.24) is 0 Å². The molecule has 100 valence electrons. The van der Waals surface area contributed by atoms with Crippen molar-refractivity contribution in [2.75, 3.05) is 11.5 Å². The van der Waals surface area contributed by atoms with E-state index in [2.05, 4.69) is 39.0 Å². The van der Waals surface area contributed by atoms with Crippen LogP contribution in [-0.4, -0.2) is 17.4 Å². The van der Waals surface area contributed by atoms with E-state index < -0.39 is 0 Å². The summed E-state index contributed by atoms with van der Waals surface area (Å²) in [5.41, 5.74) is 1.11. The topological polar surface area (TPSA) is 29.4 Å². The zero-order valence-electron chi connectivity index (χ0n) is 12.1. The number of carbonyl (C=O) groups excluding carboxylic acids is 1. The minimum atomic E-state index is -0.102. The van der Waals surface area contributed by atoms with E-state index in [1.54, 1.807) is 6.08 Å². The molecular formula is C14H27NOS. The Morgan fingerprint density at radius 3 is 2.00 bits per heavy atom. The molecular weight excluding hydrogens is 230 g/mol. The Bertz CT molecular complexity index is 291. The third kappa shape index (κ3) is 9.28. The first-order valence-electron chi connectivity index (χ1n) is 6.45. The summed E-state index contributed by atoms with van der Waals surface area (Å²) in [5, 5.41) is 0. The normalized spacial score (nSPS) is 12.6. The van der Waals surface area contributed by atoms with E-state index in [9.17, 15) is 4.79 Å². The molecule has 17 heavy (non-hydrogen) atoms. The number of amides is 1. The smallest absolute Gasteiger partial charge is 0.267 e. The van der Waals surface area contributed by atoms with Gasteiger partial charge in [-0.15, -0.1) is 0 Å². The van der Waals surface area contributed by atoms with Gasteiger partial charge < -0.3 is 0 Å². The van der Waals surface area contributed by atoms with Gasteiger partial charge in [0.15, 0.2) is 0 Å². The van der Waals surface area contributed by atoms with Crippen LogP contribution in [0.5, 0.6) is 0 Å². The fourth-order valence-electron chi connectivity index (χ4n) is 1.38. The van der Waals surface area contributed by atoms with Crippen molar-refractivity contribution in [1.29, 1.82) is 0 Å². The van der Waals surface area contributed by atoms with Crippen LogP contribution in [0.1, 0.15) is 48.0 Å². The van der Waals surface area contributed by atoms with Gasteiger partial charge in [0.2, 0.25) is 0 Å². The average Bonchev–Trinajstić information content (AvgIpc) is 2.14. The molecule has 0 unspecified atom stereocenters. The summed E-state index contributed by atoms with van der Waals surface area (Å²) in [7, 11) is -0.102. The molecule has 0 aliphatic carbocycles. The summed E-state index contributed by atoms with van der Waals surface area (Å²) in [4.78, 5) is 11.7. The minimum absolute atomic E-state index is 0.0472. The fraction of sp³-hybridized carbons (Fsp3) is 0.786. The quantitative estimate of drug-likeness (QED) is 0.662. The van der Waals surface area contributed by atoms with Crippen molar-refractivity contribution in [3.8, 4) is 0 Å². The maximum Gasteiger partial charge on any atom is 0.275 e. The average molecular weight is 257 g/mol. The first-order chi connectivity index (χ1) is 7.85. The number of rotatable bonds is 6. The molecule has 2 nitrogen and oxygen atoms in total. The lowest BCUT2D eigenvalue weighted by molar-refractivity contribution is -0.113. The summed E-state index contributed by atoms with van der Waals surface area (Å²) in [6.07, 6.45) is 2.60. The highest BCUT2D eigenvalue weighted by molar-refractivity contribution is 7.87. The van der Waals surface area contributed by atoms with Crippen LogP contribution in [0.4, 0.5) is 0 Å². The predicted octanol–water partition coefficient (Wildman–Crippen LogP) is 3.98. The fourth-order valence-corrected chi connectivity index (χ4v) is 3.51. The van der Waals surface area contributed by atoms with Gasteiger partial charge in [0.05, 0.1) is 0 Å². The molecule has 0 radical (unpaired) electrons. The van der Waals surface area contributed by atoms with E-state index in [1.165, 1.54) is 0 Å². The molecule has 0 atom stereocenters. The minimum Gasteiger partial charge on any atom is -0.267 e. The Morgan fingerprint density at radius 1 is 1.18 bits per heavy atom. The Labute approximate surface area is 109 Å². The molecule has 0 N–H and O–H groups in total. The summed E-state index contributed by atoms with van der Waals surface area (Å²) in [6, 6.07) is 0. The number of nitrogens with zero attached hydrogens (tertiary/aromatic N) is 1. The molecule has 0 spiro atoms. The Balaban J connectivity index is 4.72. The van der Waals surface area contributed by atoms with Crippen LogP contribution in [0.3, 0.4) is 0 Å². The van der Waals surface area contributed by atoms with Crippen LogP contribution < -0.4 is 0 Å². The van der Waals surface area contributed by atoms with E-state index in [1.807, 2.05) is 6.92 Å². The number of hydrogen-bond donors (Lipinski definition) is 0. The predicted molar refractivity (Wildman–Crippen MR) is 78.3 cm³/mol. The molecule has 0 aromatic heterocycles. The standard InChI is InChI=1S/C14H27NOS/c1-7-13(6)8-14(16)15-17(9-11(2)3)10-12(4)5/h8,11-12H,7,9-10H2,1-6H3/b13-8+. The van der Waals surface area contributed by atoms with Crippen molar-refractivity contribution in [3.05, 3.63) is 11.6 Å². The summed E-state index contributed by atoms with van der Waals surface area (Å²) < 4.78 is 4.36. The molecule has 0 saturated carbocycles. The molecule has 0 saturated heterocycles. The summed E-state index contributed by atoms with van der Waals surface area (Å²) in [5.74, 6) is 3.22. The molecule has 0 rings (SSSR count). The van der Waals surface area contributed by atoms with Gasteiger partial charge in [-0.25, -0.2) is 0 Å². The van der Waals surface area contributed by atoms with Gasteiger partial charge in [0.1, 0.15) is 0 Å². The first-order valence-corrected chi connectivity index (χ1v) is 7.97. The summed E-state index contributed by atoms with van der Waals surface area (Å²) >= 11 is 0. The SMILES string of the molecule is CC/C(C)=C/C(=O)N=S(CC(C)C)CC(C)C. The second kappa shape index (κ2) is 8.62. The molecule has 0 aliphatic rings. The summed E-state index contributed by atoms with van der Waals surface area (Å²) in [6.45, 7) is 12.8. The molecule has 0 aromatic carbocycles. The van der Waals surface area contributed by atoms with Crippen molar-refractivity contribution < 1.29 is 4.79 Å². The largest absolute Gasteiger partial charge is 0.275 e. The second-order valence-electron chi connectivity index (χ2n) is 5.36. The van der Waals surface area contributed by atoms with Gasteiger partial charge in [0, 0.05) is 17.6 Å². The zero-order valence-corrected chi connectivity index (χ0v) is 12.9. The van der Waals surface area contributed by atoms with Gasteiger partial charge in [-0.2, -0.15) is 4.36 Å². The Morgan fingerprint density at radius 2 is 1.65 bits per heavy atom. The van der Waals surface area contributed by atoms with E-state index in [4.69, 9.17) is 0 Å². The van der Waals surface area contributed by atoms with Gasteiger partial charge in [0.25, 0.3) is 5.91 Å². The molecule has 0 bridgehead atoms. The van der Waals surface area contributed by atoms with Gasteiger partial charge in [-0.05, 0) is 25.2 Å². The molecule has 0 heterocycles. The molecule has 0 aromatic rings. The van der Waals surface area contributed by atoms with Crippen LogP contribution in [0.15, 0.2) is 16.0 Å².